The molecule has 2 amide bonds. The summed E-state index contributed by atoms with van der Waals surface area (Å²) in [4.78, 5) is 28.2. The summed E-state index contributed by atoms with van der Waals surface area (Å²) in [5.41, 5.74) is 1.54. The molecule has 0 spiro atoms. The molecule has 1 aromatic heterocycles. The number of hydrogen-bond acceptors (Lipinski definition) is 4. The van der Waals surface area contributed by atoms with E-state index < -0.39 is 0 Å². The van der Waals surface area contributed by atoms with Crippen LogP contribution >= 0.6 is 0 Å². The van der Waals surface area contributed by atoms with E-state index in [1.807, 2.05) is 6.07 Å². The van der Waals surface area contributed by atoms with Crippen LogP contribution in [0.15, 0.2) is 42.6 Å². The molecule has 6 nitrogen and oxygen atoms in total. The molecule has 1 aliphatic rings. The third-order valence-electron chi connectivity index (χ3n) is 3.42. The second kappa shape index (κ2) is 6.28. The van der Waals surface area contributed by atoms with Gasteiger partial charge in [0.25, 0.3) is 11.8 Å². The number of nitrogens with one attached hydrogen (secondary N) is 2. The highest BCUT2D eigenvalue weighted by Crippen LogP contribution is 2.19. The summed E-state index contributed by atoms with van der Waals surface area (Å²) in [5.74, 6) is -0.628. The molecular formula is C17H14N4O2. The first-order valence-corrected chi connectivity index (χ1v) is 7.24. The van der Waals surface area contributed by atoms with E-state index in [1.165, 1.54) is 18.3 Å². The molecule has 0 aliphatic heterocycles. The van der Waals surface area contributed by atoms with Crippen LogP contribution in [0.3, 0.4) is 0 Å². The van der Waals surface area contributed by atoms with Crippen LogP contribution in [0.4, 0.5) is 5.69 Å². The molecule has 0 radical (unpaired) electrons. The topological polar surface area (TPSA) is 94.9 Å². The Morgan fingerprint density at radius 1 is 1.17 bits per heavy atom. The number of nitriles is 1. The number of aromatic nitrogens is 1. The predicted molar refractivity (Wildman–Crippen MR) is 83.8 cm³/mol. The van der Waals surface area contributed by atoms with Gasteiger partial charge in [-0.05, 0) is 43.2 Å². The van der Waals surface area contributed by atoms with Crippen LogP contribution in [-0.4, -0.2) is 22.8 Å². The van der Waals surface area contributed by atoms with Crippen molar-refractivity contribution in [3.8, 4) is 6.07 Å². The average molecular weight is 306 g/mol. The summed E-state index contributed by atoms with van der Waals surface area (Å²) in [6, 6.07) is 11.9. The highest BCUT2D eigenvalue weighted by molar-refractivity contribution is 6.05. The van der Waals surface area contributed by atoms with Gasteiger partial charge in [0.1, 0.15) is 5.69 Å². The largest absolute Gasteiger partial charge is 0.348 e. The lowest BCUT2D eigenvalue weighted by atomic mass is 10.2. The van der Waals surface area contributed by atoms with Gasteiger partial charge in [-0.25, -0.2) is 0 Å². The van der Waals surface area contributed by atoms with Gasteiger partial charge in [0.05, 0.1) is 11.6 Å². The van der Waals surface area contributed by atoms with E-state index in [2.05, 4.69) is 15.6 Å². The van der Waals surface area contributed by atoms with Gasteiger partial charge in [0.2, 0.25) is 0 Å². The van der Waals surface area contributed by atoms with E-state index in [1.54, 1.807) is 24.3 Å². The molecule has 2 N–H and O–H groups in total. The summed E-state index contributed by atoms with van der Waals surface area (Å²) in [7, 11) is 0. The zero-order valence-electron chi connectivity index (χ0n) is 12.2. The van der Waals surface area contributed by atoms with Crippen molar-refractivity contribution in [2.75, 3.05) is 5.32 Å². The lowest BCUT2D eigenvalue weighted by molar-refractivity contribution is 0.0946. The van der Waals surface area contributed by atoms with Crippen molar-refractivity contribution in [2.24, 2.45) is 0 Å². The summed E-state index contributed by atoms with van der Waals surface area (Å²) >= 11 is 0. The third kappa shape index (κ3) is 3.71. The maximum atomic E-state index is 12.3. The molecule has 114 valence electrons. The Kier molecular flexibility index (Phi) is 4.02. The monoisotopic (exact) mass is 306 g/mol. The number of amides is 2. The van der Waals surface area contributed by atoms with Gasteiger partial charge in [0.15, 0.2) is 0 Å². The van der Waals surface area contributed by atoms with Crippen LogP contribution in [0.5, 0.6) is 0 Å². The third-order valence-corrected chi connectivity index (χ3v) is 3.42. The van der Waals surface area contributed by atoms with Gasteiger partial charge >= 0.3 is 0 Å². The summed E-state index contributed by atoms with van der Waals surface area (Å²) < 4.78 is 0. The first-order chi connectivity index (χ1) is 11.2. The van der Waals surface area contributed by atoms with Crippen molar-refractivity contribution in [1.82, 2.24) is 10.3 Å². The van der Waals surface area contributed by atoms with Gasteiger partial charge in [-0.15, -0.1) is 0 Å². The molecule has 1 fully saturated rings. The Labute approximate surface area is 133 Å². The number of rotatable bonds is 4. The molecule has 1 aliphatic carbocycles. The molecule has 6 heteroatoms. The fraction of sp³-hybridized carbons (Fsp3) is 0.176. The molecule has 1 heterocycles. The van der Waals surface area contributed by atoms with Gasteiger partial charge in [0, 0.05) is 23.5 Å². The van der Waals surface area contributed by atoms with E-state index in [9.17, 15) is 9.59 Å². The molecule has 1 saturated carbocycles. The molecule has 2 aromatic rings. The lowest BCUT2D eigenvalue weighted by Crippen LogP contribution is -2.26. The number of benzene rings is 1. The smallest absolute Gasteiger partial charge is 0.270 e. The number of nitrogens with zero attached hydrogens (tertiary/aromatic N) is 2. The zero-order chi connectivity index (χ0) is 16.2. The number of carbonyl (C=O) groups excluding carboxylic acids is 2. The molecule has 3 rings (SSSR count). The number of anilines is 1. The Bertz CT molecular complexity index is 806. The zero-order valence-corrected chi connectivity index (χ0v) is 12.2. The normalized spacial score (nSPS) is 13.0. The number of hydrogen-bond donors (Lipinski definition) is 2. The summed E-state index contributed by atoms with van der Waals surface area (Å²) in [6.07, 6.45) is 3.41. The van der Waals surface area contributed by atoms with Crippen molar-refractivity contribution >= 4 is 17.5 Å². The van der Waals surface area contributed by atoms with Crippen LogP contribution in [0.2, 0.25) is 0 Å². The minimum atomic E-state index is -0.358. The second-order valence-corrected chi connectivity index (χ2v) is 5.32. The Morgan fingerprint density at radius 2 is 2.00 bits per heavy atom. The molecule has 0 saturated heterocycles. The summed E-state index contributed by atoms with van der Waals surface area (Å²) in [5, 5.41) is 14.4. The maximum Gasteiger partial charge on any atom is 0.270 e. The van der Waals surface area contributed by atoms with Crippen molar-refractivity contribution in [3.63, 3.8) is 0 Å². The maximum absolute atomic E-state index is 12.3. The fourth-order valence-electron chi connectivity index (χ4n) is 2.05. The highest BCUT2D eigenvalue weighted by atomic mass is 16.2. The van der Waals surface area contributed by atoms with E-state index in [4.69, 9.17) is 5.26 Å². The first-order valence-electron chi connectivity index (χ1n) is 7.24. The van der Waals surface area contributed by atoms with Gasteiger partial charge in [-0.2, -0.15) is 5.26 Å². The second-order valence-electron chi connectivity index (χ2n) is 5.32. The molecule has 23 heavy (non-hydrogen) atoms. The number of pyridine rings is 1. The molecule has 0 atom stereocenters. The first kappa shape index (κ1) is 14.7. The standard InChI is InChI=1S/C17H14N4O2/c18-10-11-2-1-3-14(8-11)21-16(22)12-6-7-19-15(9-12)17(23)20-13-4-5-13/h1-3,6-9,13H,4-5H2,(H,20,23)(H,21,22). The van der Waals surface area contributed by atoms with Crippen molar-refractivity contribution in [2.45, 2.75) is 18.9 Å². The molecular weight excluding hydrogens is 292 g/mol. The van der Waals surface area contributed by atoms with Crippen molar-refractivity contribution < 1.29 is 9.59 Å². The SMILES string of the molecule is N#Cc1cccc(NC(=O)c2ccnc(C(=O)NC3CC3)c2)c1. The van der Waals surface area contributed by atoms with Gasteiger partial charge in [-0.3, -0.25) is 14.6 Å². The fourth-order valence-corrected chi connectivity index (χ4v) is 2.05. The van der Waals surface area contributed by atoms with Crippen LogP contribution < -0.4 is 10.6 Å². The van der Waals surface area contributed by atoms with E-state index in [-0.39, 0.29) is 23.6 Å². The van der Waals surface area contributed by atoms with Crippen LogP contribution in [0, 0.1) is 11.3 Å². The van der Waals surface area contributed by atoms with E-state index >= 15 is 0 Å². The lowest BCUT2D eigenvalue weighted by Gasteiger charge is -2.07. The van der Waals surface area contributed by atoms with Crippen molar-refractivity contribution in [3.05, 3.63) is 59.4 Å². The van der Waals surface area contributed by atoms with Crippen LogP contribution in [0.25, 0.3) is 0 Å². The summed E-state index contributed by atoms with van der Waals surface area (Å²) in [6.45, 7) is 0. The average Bonchev–Trinajstić information content (AvgIpc) is 3.39. The van der Waals surface area contributed by atoms with Crippen LogP contribution in [0.1, 0.15) is 39.3 Å². The number of carbonyl (C=O) groups is 2. The Morgan fingerprint density at radius 3 is 2.74 bits per heavy atom. The van der Waals surface area contributed by atoms with Gasteiger partial charge < -0.3 is 10.6 Å². The molecule has 1 aromatic carbocycles. The Balaban J connectivity index is 1.74. The van der Waals surface area contributed by atoms with Gasteiger partial charge in [-0.1, -0.05) is 6.07 Å². The molecule has 0 unspecified atom stereocenters. The van der Waals surface area contributed by atoms with Crippen molar-refractivity contribution in [1.29, 1.82) is 5.26 Å². The molecule has 0 bridgehead atoms. The highest BCUT2D eigenvalue weighted by Gasteiger charge is 2.24. The van der Waals surface area contributed by atoms with Crippen LogP contribution in [-0.2, 0) is 0 Å². The van der Waals surface area contributed by atoms with E-state index in [0.717, 1.165) is 12.8 Å². The van der Waals surface area contributed by atoms with E-state index in [0.29, 0.717) is 16.8 Å². The predicted octanol–water partition coefficient (Wildman–Crippen LogP) is 2.10. The Hall–Kier alpha value is -3.20. The quantitative estimate of drug-likeness (QED) is 0.904. The minimum Gasteiger partial charge on any atom is -0.348 e. The minimum absolute atomic E-state index is 0.218.